The fourth-order valence-corrected chi connectivity index (χ4v) is 1.51. The number of thioether (sulfide) groups is 1. The molecule has 1 rings (SSSR count). The zero-order chi connectivity index (χ0) is 8.10. The molecule has 1 N–H and O–H groups in total. The molecule has 4 heteroatoms. The van der Waals surface area contributed by atoms with E-state index in [0.29, 0.717) is 6.61 Å². The first kappa shape index (κ1) is 8.62. The summed E-state index contributed by atoms with van der Waals surface area (Å²) >= 11 is 1.49. The Morgan fingerprint density at radius 2 is 2.73 bits per heavy atom. The van der Waals surface area contributed by atoms with Crippen LogP contribution >= 0.6 is 11.8 Å². The van der Waals surface area contributed by atoms with Crippen molar-refractivity contribution in [1.82, 2.24) is 5.32 Å². The van der Waals surface area contributed by atoms with Crippen molar-refractivity contribution in [2.45, 2.75) is 6.92 Å². The molecule has 0 aromatic carbocycles. The third-order valence-corrected chi connectivity index (χ3v) is 2.23. The molecule has 0 amide bonds. The third-order valence-electron chi connectivity index (χ3n) is 1.24. The number of nitrogens with one attached hydrogen (secondary N) is 1. The minimum atomic E-state index is -0.195. The van der Waals surface area contributed by atoms with Gasteiger partial charge in [0.1, 0.15) is 0 Å². The molecule has 0 bridgehead atoms. The lowest BCUT2D eigenvalue weighted by Gasteiger charge is -2.11. The van der Waals surface area contributed by atoms with Crippen molar-refractivity contribution in [3.8, 4) is 0 Å². The van der Waals surface area contributed by atoms with E-state index < -0.39 is 0 Å². The monoisotopic (exact) mass is 173 g/mol. The van der Waals surface area contributed by atoms with Crippen LogP contribution in [0.4, 0.5) is 0 Å². The van der Waals surface area contributed by atoms with Crippen LogP contribution in [0.5, 0.6) is 0 Å². The van der Waals surface area contributed by atoms with Crippen LogP contribution in [0.2, 0.25) is 0 Å². The maximum Gasteiger partial charge on any atom is 0.344 e. The lowest BCUT2D eigenvalue weighted by molar-refractivity contribution is -0.137. The van der Waals surface area contributed by atoms with Crippen molar-refractivity contribution in [2.75, 3.05) is 19.0 Å². The van der Waals surface area contributed by atoms with Gasteiger partial charge in [0.2, 0.25) is 0 Å². The summed E-state index contributed by atoms with van der Waals surface area (Å²) in [5.41, 5.74) is 0. The molecule has 11 heavy (non-hydrogen) atoms. The summed E-state index contributed by atoms with van der Waals surface area (Å²) in [5, 5.41) is 3.09. The minimum absolute atomic E-state index is 0.195. The largest absolute Gasteiger partial charge is 0.462 e. The first-order valence-electron chi connectivity index (χ1n) is 3.55. The Balaban J connectivity index is 2.44. The molecular weight excluding hydrogens is 162 g/mol. The number of ether oxygens (including phenoxy) is 1. The Bertz CT molecular complexity index is 179. The molecule has 0 saturated heterocycles. The highest BCUT2D eigenvalue weighted by molar-refractivity contribution is 8.03. The van der Waals surface area contributed by atoms with Gasteiger partial charge in [0.05, 0.1) is 11.5 Å². The maximum atomic E-state index is 11.1. The molecule has 0 aromatic rings. The van der Waals surface area contributed by atoms with Gasteiger partial charge in [0.25, 0.3) is 0 Å². The molecule has 0 radical (unpaired) electrons. The van der Waals surface area contributed by atoms with E-state index in [4.69, 9.17) is 4.74 Å². The summed E-state index contributed by atoms with van der Waals surface area (Å²) in [7, 11) is 0. The highest BCUT2D eigenvalue weighted by Crippen LogP contribution is 2.17. The zero-order valence-corrected chi connectivity index (χ0v) is 7.24. The fraction of sp³-hybridized carbons (Fsp3) is 0.571. The van der Waals surface area contributed by atoms with Gasteiger partial charge in [-0.2, -0.15) is 0 Å². The Labute approximate surface area is 70.2 Å². The van der Waals surface area contributed by atoms with Gasteiger partial charge in [-0.15, -0.1) is 11.8 Å². The van der Waals surface area contributed by atoms with Crippen LogP contribution in [0.15, 0.2) is 11.0 Å². The average molecular weight is 173 g/mol. The summed E-state index contributed by atoms with van der Waals surface area (Å²) in [5.74, 6) is 0.601. The molecule has 3 nitrogen and oxygen atoms in total. The van der Waals surface area contributed by atoms with E-state index in [1.54, 1.807) is 0 Å². The second kappa shape index (κ2) is 4.41. The molecule has 0 fully saturated rings. The summed E-state index contributed by atoms with van der Waals surface area (Å²) in [6, 6.07) is 0. The molecule has 62 valence electrons. The van der Waals surface area contributed by atoms with Crippen LogP contribution in [0.1, 0.15) is 6.92 Å². The van der Waals surface area contributed by atoms with Gasteiger partial charge in [0.15, 0.2) is 0 Å². The van der Waals surface area contributed by atoms with Gasteiger partial charge in [-0.05, 0) is 13.0 Å². The third kappa shape index (κ3) is 2.55. The number of hydrogen-bond acceptors (Lipinski definition) is 4. The van der Waals surface area contributed by atoms with Crippen LogP contribution < -0.4 is 5.32 Å². The van der Waals surface area contributed by atoms with E-state index in [1.807, 2.05) is 13.0 Å². The van der Waals surface area contributed by atoms with Crippen molar-refractivity contribution < 1.29 is 9.53 Å². The van der Waals surface area contributed by atoms with Crippen molar-refractivity contribution >= 4 is 17.7 Å². The summed E-state index contributed by atoms with van der Waals surface area (Å²) in [6.07, 6.45) is 1.85. The molecule has 1 heterocycles. The van der Waals surface area contributed by atoms with Crippen molar-refractivity contribution in [3.63, 3.8) is 0 Å². The number of esters is 1. The highest BCUT2D eigenvalue weighted by atomic mass is 32.2. The van der Waals surface area contributed by atoms with E-state index in [1.165, 1.54) is 11.8 Å². The van der Waals surface area contributed by atoms with Crippen molar-refractivity contribution in [2.24, 2.45) is 0 Å². The fourth-order valence-electron chi connectivity index (χ4n) is 0.756. The lowest BCUT2D eigenvalue weighted by Crippen LogP contribution is -2.20. The molecule has 0 saturated carbocycles. The molecule has 1 aliphatic rings. The number of hydrogen-bond donors (Lipinski definition) is 1. The number of rotatable bonds is 2. The highest BCUT2D eigenvalue weighted by Gasteiger charge is 2.12. The van der Waals surface area contributed by atoms with Crippen molar-refractivity contribution in [3.05, 3.63) is 11.0 Å². The van der Waals surface area contributed by atoms with Crippen LogP contribution in [-0.4, -0.2) is 25.0 Å². The smallest absolute Gasteiger partial charge is 0.344 e. The quantitative estimate of drug-likeness (QED) is 0.625. The molecule has 1 aliphatic heterocycles. The molecule has 0 unspecified atom stereocenters. The Morgan fingerprint density at radius 3 is 3.27 bits per heavy atom. The van der Waals surface area contributed by atoms with Crippen LogP contribution in [0.25, 0.3) is 0 Å². The maximum absolute atomic E-state index is 11.1. The Hall–Kier alpha value is -0.480. The van der Waals surface area contributed by atoms with Gasteiger partial charge in [0, 0.05) is 12.4 Å². The van der Waals surface area contributed by atoms with Gasteiger partial charge < -0.3 is 10.1 Å². The van der Waals surface area contributed by atoms with Crippen LogP contribution in [0.3, 0.4) is 0 Å². The average Bonchev–Trinajstić information content (AvgIpc) is 2.07. The molecule has 0 aliphatic carbocycles. The van der Waals surface area contributed by atoms with E-state index in [2.05, 4.69) is 5.32 Å². The first-order valence-corrected chi connectivity index (χ1v) is 4.54. The Kier molecular flexibility index (Phi) is 3.45. The predicted octanol–water partition coefficient (Wildman–Crippen LogP) is 0.727. The topological polar surface area (TPSA) is 38.3 Å². The second-order valence-electron chi connectivity index (χ2n) is 2.03. The second-order valence-corrected chi connectivity index (χ2v) is 3.05. The van der Waals surface area contributed by atoms with Crippen LogP contribution in [0, 0.1) is 0 Å². The SMILES string of the molecule is CCOC(=O)C1=CCNCS1. The molecule has 0 spiro atoms. The molecule has 0 atom stereocenters. The Morgan fingerprint density at radius 1 is 1.91 bits per heavy atom. The molecule has 0 aromatic heterocycles. The van der Waals surface area contributed by atoms with Gasteiger partial charge >= 0.3 is 5.97 Å². The molecular formula is C7H11NO2S. The van der Waals surface area contributed by atoms with Gasteiger partial charge in [-0.1, -0.05) is 0 Å². The van der Waals surface area contributed by atoms with E-state index >= 15 is 0 Å². The van der Waals surface area contributed by atoms with E-state index in [-0.39, 0.29) is 5.97 Å². The predicted molar refractivity (Wildman–Crippen MR) is 45.2 cm³/mol. The number of carbonyl (C=O) groups excluding carboxylic acids is 1. The van der Waals surface area contributed by atoms with Crippen molar-refractivity contribution in [1.29, 1.82) is 0 Å². The van der Waals surface area contributed by atoms with Gasteiger partial charge in [-0.3, -0.25) is 0 Å². The van der Waals surface area contributed by atoms with Crippen LogP contribution in [-0.2, 0) is 9.53 Å². The van der Waals surface area contributed by atoms with E-state index in [0.717, 1.165) is 17.3 Å². The lowest BCUT2D eigenvalue weighted by atomic mass is 10.5. The minimum Gasteiger partial charge on any atom is -0.462 e. The summed E-state index contributed by atoms with van der Waals surface area (Å²) in [6.45, 7) is 3.02. The normalized spacial score (nSPS) is 17.4. The van der Waals surface area contributed by atoms with Gasteiger partial charge in [-0.25, -0.2) is 4.79 Å². The first-order chi connectivity index (χ1) is 5.34. The number of carbonyl (C=O) groups is 1. The standard InChI is InChI=1S/C7H11NO2S/c1-2-10-7(9)6-3-4-8-5-11-6/h3,8H,2,4-5H2,1H3. The zero-order valence-electron chi connectivity index (χ0n) is 6.42. The summed E-state index contributed by atoms with van der Waals surface area (Å²) in [4.78, 5) is 11.8. The van der Waals surface area contributed by atoms with E-state index in [9.17, 15) is 4.79 Å². The summed E-state index contributed by atoms with van der Waals surface area (Å²) < 4.78 is 4.83.